The number of benzene rings is 1. The van der Waals surface area contributed by atoms with Gasteiger partial charge in [0.25, 0.3) is 0 Å². The van der Waals surface area contributed by atoms with E-state index in [9.17, 15) is 5.11 Å². The number of hydrogen-bond acceptors (Lipinski definition) is 3. The molecule has 0 aliphatic rings. The molecular formula is C18H24N2O. The van der Waals surface area contributed by atoms with Gasteiger partial charge in [0, 0.05) is 19.3 Å². The van der Waals surface area contributed by atoms with Gasteiger partial charge in [-0.2, -0.15) is 0 Å². The Morgan fingerprint density at radius 3 is 2.48 bits per heavy atom. The van der Waals surface area contributed by atoms with Gasteiger partial charge in [-0.05, 0) is 28.7 Å². The molecule has 0 amide bonds. The van der Waals surface area contributed by atoms with Gasteiger partial charge in [0.05, 0.1) is 5.69 Å². The zero-order valence-electron chi connectivity index (χ0n) is 13.0. The first kappa shape index (κ1) is 15.7. The second-order valence-corrected chi connectivity index (χ2v) is 6.31. The maximum atomic E-state index is 10.1. The first-order valence-corrected chi connectivity index (χ1v) is 7.36. The van der Waals surface area contributed by atoms with Crippen molar-refractivity contribution in [1.82, 2.24) is 10.3 Å². The summed E-state index contributed by atoms with van der Waals surface area (Å²) in [6.45, 7) is 7.89. The highest BCUT2D eigenvalue weighted by Gasteiger charge is 2.17. The Morgan fingerprint density at radius 2 is 1.81 bits per heavy atom. The maximum Gasteiger partial charge on any atom is 0.108 e. The molecule has 112 valence electrons. The third-order valence-corrected chi connectivity index (χ3v) is 3.51. The summed E-state index contributed by atoms with van der Waals surface area (Å²) >= 11 is 0. The van der Waals surface area contributed by atoms with Crippen LogP contribution in [0.1, 0.15) is 43.7 Å². The Kier molecular flexibility index (Phi) is 5.10. The Morgan fingerprint density at radius 1 is 1.10 bits per heavy atom. The average molecular weight is 284 g/mol. The second kappa shape index (κ2) is 6.83. The van der Waals surface area contributed by atoms with Crippen LogP contribution >= 0.6 is 0 Å². The predicted molar refractivity (Wildman–Crippen MR) is 86.0 cm³/mol. The van der Waals surface area contributed by atoms with Crippen LogP contribution in [0.4, 0.5) is 0 Å². The molecule has 0 spiro atoms. The number of rotatable bonds is 5. The monoisotopic (exact) mass is 284 g/mol. The van der Waals surface area contributed by atoms with Crippen LogP contribution in [0.25, 0.3) is 0 Å². The third-order valence-electron chi connectivity index (χ3n) is 3.51. The first-order valence-electron chi connectivity index (χ1n) is 7.36. The van der Waals surface area contributed by atoms with E-state index in [1.165, 1.54) is 11.1 Å². The molecule has 1 aromatic heterocycles. The van der Waals surface area contributed by atoms with E-state index in [4.69, 9.17) is 0 Å². The van der Waals surface area contributed by atoms with Crippen LogP contribution < -0.4 is 5.32 Å². The molecular weight excluding hydrogens is 260 g/mol. The van der Waals surface area contributed by atoms with Gasteiger partial charge in [0.2, 0.25) is 0 Å². The van der Waals surface area contributed by atoms with E-state index in [0.717, 1.165) is 6.54 Å². The summed E-state index contributed by atoms with van der Waals surface area (Å²) < 4.78 is 0. The summed E-state index contributed by atoms with van der Waals surface area (Å²) in [5.74, 6) is 0. The summed E-state index contributed by atoms with van der Waals surface area (Å²) in [7, 11) is 0. The molecule has 3 nitrogen and oxygen atoms in total. The molecule has 0 saturated carbocycles. The largest absolute Gasteiger partial charge is 0.385 e. The van der Waals surface area contributed by atoms with Gasteiger partial charge in [0.1, 0.15) is 6.10 Å². The molecule has 2 aromatic rings. The Bertz CT molecular complexity index is 561. The molecule has 1 aromatic carbocycles. The first-order chi connectivity index (χ1) is 9.98. The lowest BCUT2D eigenvalue weighted by atomic mass is 9.84. The summed E-state index contributed by atoms with van der Waals surface area (Å²) in [6, 6.07) is 14.0. The van der Waals surface area contributed by atoms with E-state index in [2.05, 4.69) is 55.3 Å². The Labute approximate surface area is 127 Å². The number of aromatic nitrogens is 1. The standard InChI is InChI=1S/C18H24N2O/c1-18(2,3)15-9-5-4-8-14(15)12-19-13-17(21)16-10-6-7-11-20-16/h4-11,17,19,21H,12-13H2,1-3H3. The van der Waals surface area contributed by atoms with Crippen molar-refractivity contribution in [3.05, 3.63) is 65.5 Å². The molecule has 0 radical (unpaired) electrons. The van der Waals surface area contributed by atoms with Gasteiger partial charge >= 0.3 is 0 Å². The lowest BCUT2D eigenvalue weighted by Gasteiger charge is -2.23. The quantitative estimate of drug-likeness (QED) is 0.886. The third kappa shape index (κ3) is 4.38. The lowest BCUT2D eigenvalue weighted by Crippen LogP contribution is -2.24. The fourth-order valence-corrected chi connectivity index (χ4v) is 2.43. The fraction of sp³-hybridized carbons (Fsp3) is 0.389. The highest BCUT2D eigenvalue weighted by atomic mass is 16.3. The molecule has 0 aliphatic heterocycles. The van der Waals surface area contributed by atoms with Gasteiger partial charge in [-0.25, -0.2) is 0 Å². The van der Waals surface area contributed by atoms with E-state index in [-0.39, 0.29) is 5.41 Å². The highest BCUT2D eigenvalue weighted by molar-refractivity contribution is 5.32. The SMILES string of the molecule is CC(C)(C)c1ccccc1CNCC(O)c1ccccn1. The van der Waals surface area contributed by atoms with Gasteiger partial charge in [-0.3, -0.25) is 4.98 Å². The van der Waals surface area contributed by atoms with Gasteiger partial charge < -0.3 is 10.4 Å². The summed E-state index contributed by atoms with van der Waals surface area (Å²) in [4.78, 5) is 4.17. The second-order valence-electron chi connectivity index (χ2n) is 6.31. The number of hydrogen-bond donors (Lipinski definition) is 2. The predicted octanol–water partition coefficient (Wildman–Crippen LogP) is 3.20. The van der Waals surface area contributed by atoms with Crippen LogP contribution in [0.5, 0.6) is 0 Å². The van der Waals surface area contributed by atoms with Gasteiger partial charge in [-0.15, -0.1) is 0 Å². The summed E-state index contributed by atoms with van der Waals surface area (Å²) in [5.41, 5.74) is 3.44. The summed E-state index contributed by atoms with van der Waals surface area (Å²) in [5, 5.41) is 13.4. The smallest absolute Gasteiger partial charge is 0.108 e. The van der Waals surface area contributed by atoms with Crippen LogP contribution in [-0.2, 0) is 12.0 Å². The topological polar surface area (TPSA) is 45.1 Å². The van der Waals surface area contributed by atoms with Crippen molar-refractivity contribution in [2.75, 3.05) is 6.54 Å². The van der Waals surface area contributed by atoms with Crippen molar-refractivity contribution >= 4 is 0 Å². The number of pyridine rings is 1. The number of nitrogens with zero attached hydrogens (tertiary/aromatic N) is 1. The minimum absolute atomic E-state index is 0.123. The zero-order valence-corrected chi connectivity index (χ0v) is 13.0. The number of aliphatic hydroxyl groups excluding tert-OH is 1. The van der Waals surface area contributed by atoms with Crippen molar-refractivity contribution in [2.24, 2.45) is 0 Å². The molecule has 0 saturated heterocycles. The zero-order chi connectivity index (χ0) is 15.3. The van der Waals surface area contributed by atoms with Crippen LogP contribution in [0, 0.1) is 0 Å². The summed E-state index contributed by atoms with van der Waals surface area (Å²) in [6.07, 6.45) is 1.13. The average Bonchev–Trinajstić information content (AvgIpc) is 2.47. The molecule has 0 fully saturated rings. The normalized spacial score (nSPS) is 13.1. The molecule has 2 rings (SSSR count). The number of nitrogens with one attached hydrogen (secondary N) is 1. The molecule has 0 bridgehead atoms. The van der Waals surface area contributed by atoms with Gasteiger partial charge in [-0.1, -0.05) is 51.1 Å². The molecule has 1 unspecified atom stereocenters. The molecule has 0 aliphatic carbocycles. The van der Waals surface area contributed by atoms with E-state index < -0.39 is 6.10 Å². The van der Waals surface area contributed by atoms with Crippen LogP contribution in [0.2, 0.25) is 0 Å². The van der Waals surface area contributed by atoms with Crippen LogP contribution in [-0.4, -0.2) is 16.6 Å². The van der Waals surface area contributed by atoms with Crippen molar-refractivity contribution in [3.63, 3.8) is 0 Å². The highest BCUT2D eigenvalue weighted by Crippen LogP contribution is 2.25. The minimum Gasteiger partial charge on any atom is -0.385 e. The molecule has 2 N–H and O–H groups in total. The van der Waals surface area contributed by atoms with Gasteiger partial charge in [0.15, 0.2) is 0 Å². The minimum atomic E-state index is -0.576. The van der Waals surface area contributed by atoms with Crippen LogP contribution in [0.15, 0.2) is 48.7 Å². The Hall–Kier alpha value is -1.71. The van der Waals surface area contributed by atoms with Crippen molar-refractivity contribution < 1.29 is 5.11 Å². The van der Waals surface area contributed by atoms with E-state index in [0.29, 0.717) is 12.2 Å². The number of aliphatic hydroxyl groups is 1. The van der Waals surface area contributed by atoms with Crippen molar-refractivity contribution in [1.29, 1.82) is 0 Å². The Balaban J connectivity index is 1.95. The maximum absolute atomic E-state index is 10.1. The van der Waals surface area contributed by atoms with E-state index in [1.807, 2.05) is 18.2 Å². The molecule has 3 heteroatoms. The molecule has 1 atom stereocenters. The van der Waals surface area contributed by atoms with E-state index >= 15 is 0 Å². The lowest BCUT2D eigenvalue weighted by molar-refractivity contribution is 0.169. The van der Waals surface area contributed by atoms with Crippen molar-refractivity contribution in [2.45, 2.75) is 38.8 Å². The van der Waals surface area contributed by atoms with Crippen LogP contribution in [0.3, 0.4) is 0 Å². The fourth-order valence-electron chi connectivity index (χ4n) is 2.43. The molecule has 21 heavy (non-hydrogen) atoms. The molecule has 1 heterocycles. The van der Waals surface area contributed by atoms with E-state index in [1.54, 1.807) is 6.20 Å². The van der Waals surface area contributed by atoms with Crippen molar-refractivity contribution in [3.8, 4) is 0 Å².